The lowest BCUT2D eigenvalue weighted by Crippen LogP contribution is -2.35. The van der Waals surface area contributed by atoms with Gasteiger partial charge in [-0.25, -0.2) is 4.98 Å². The Balaban J connectivity index is 1.41. The van der Waals surface area contributed by atoms with Crippen LogP contribution in [0.15, 0.2) is 42.9 Å². The number of nitrogens with zero attached hydrogens (tertiary/aromatic N) is 3. The van der Waals surface area contributed by atoms with Crippen molar-refractivity contribution in [1.82, 2.24) is 14.9 Å². The third kappa shape index (κ3) is 4.28. The van der Waals surface area contributed by atoms with Crippen LogP contribution in [0, 0.1) is 12.8 Å². The third-order valence-electron chi connectivity index (χ3n) is 4.37. The monoisotopic (exact) mass is 296 g/mol. The lowest BCUT2D eigenvalue weighted by Gasteiger charge is -2.32. The molecule has 3 rings (SSSR count). The standard InChI is InChI=1S/C18H24N4/c1-15-2-4-17(5-3-15)14-22-10-6-16(7-11-22)12-21-18-13-19-8-9-20-18/h2-5,8-9,13,16H,6-7,10-12,14H2,1H3,(H,20,21). The Morgan fingerprint density at radius 3 is 2.59 bits per heavy atom. The Morgan fingerprint density at radius 2 is 1.91 bits per heavy atom. The number of aryl methyl sites for hydroxylation is 1. The molecule has 4 nitrogen and oxygen atoms in total. The molecule has 116 valence electrons. The summed E-state index contributed by atoms with van der Waals surface area (Å²) in [6.07, 6.45) is 7.71. The van der Waals surface area contributed by atoms with Gasteiger partial charge in [-0.2, -0.15) is 0 Å². The molecule has 1 N–H and O–H groups in total. The molecule has 0 saturated carbocycles. The molecule has 2 aromatic rings. The van der Waals surface area contributed by atoms with Crippen LogP contribution in [0.25, 0.3) is 0 Å². The number of anilines is 1. The number of benzene rings is 1. The number of hydrogen-bond acceptors (Lipinski definition) is 4. The van der Waals surface area contributed by atoms with Gasteiger partial charge in [-0.15, -0.1) is 0 Å². The van der Waals surface area contributed by atoms with Gasteiger partial charge < -0.3 is 5.32 Å². The van der Waals surface area contributed by atoms with E-state index in [1.165, 1.54) is 37.1 Å². The largest absolute Gasteiger partial charge is 0.369 e. The van der Waals surface area contributed by atoms with Gasteiger partial charge in [0.2, 0.25) is 0 Å². The van der Waals surface area contributed by atoms with Crippen molar-refractivity contribution in [2.45, 2.75) is 26.3 Å². The molecule has 0 unspecified atom stereocenters. The zero-order valence-corrected chi connectivity index (χ0v) is 13.2. The van der Waals surface area contributed by atoms with Crippen LogP contribution in [-0.4, -0.2) is 34.5 Å². The normalized spacial score (nSPS) is 16.6. The van der Waals surface area contributed by atoms with Crippen LogP contribution in [0.5, 0.6) is 0 Å². The SMILES string of the molecule is Cc1ccc(CN2CCC(CNc3cnccn3)CC2)cc1. The average molecular weight is 296 g/mol. The molecule has 2 heterocycles. The number of rotatable bonds is 5. The van der Waals surface area contributed by atoms with Crippen molar-refractivity contribution in [3.8, 4) is 0 Å². The molecular weight excluding hydrogens is 272 g/mol. The summed E-state index contributed by atoms with van der Waals surface area (Å²) >= 11 is 0. The van der Waals surface area contributed by atoms with E-state index in [9.17, 15) is 0 Å². The lowest BCUT2D eigenvalue weighted by molar-refractivity contribution is 0.182. The first-order valence-corrected chi connectivity index (χ1v) is 8.07. The van der Waals surface area contributed by atoms with Crippen molar-refractivity contribution in [2.75, 3.05) is 25.0 Å². The molecular formula is C18H24N4. The minimum atomic E-state index is 0.733. The van der Waals surface area contributed by atoms with Gasteiger partial charge in [0.15, 0.2) is 0 Å². The fourth-order valence-electron chi connectivity index (χ4n) is 2.94. The first-order valence-electron chi connectivity index (χ1n) is 8.07. The molecule has 22 heavy (non-hydrogen) atoms. The first kappa shape index (κ1) is 15.0. The highest BCUT2D eigenvalue weighted by Gasteiger charge is 2.19. The minimum Gasteiger partial charge on any atom is -0.369 e. The highest BCUT2D eigenvalue weighted by Crippen LogP contribution is 2.19. The van der Waals surface area contributed by atoms with E-state index < -0.39 is 0 Å². The second-order valence-electron chi connectivity index (χ2n) is 6.18. The molecule has 0 bridgehead atoms. The summed E-state index contributed by atoms with van der Waals surface area (Å²) < 4.78 is 0. The van der Waals surface area contributed by atoms with Gasteiger partial charge in [0.05, 0.1) is 6.20 Å². The number of aromatic nitrogens is 2. The van der Waals surface area contributed by atoms with E-state index in [1.807, 2.05) is 0 Å². The van der Waals surface area contributed by atoms with Crippen LogP contribution >= 0.6 is 0 Å². The molecule has 4 heteroatoms. The summed E-state index contributed by atoms with van der Waals surface area (Å²) in [5, 5.41) is 3.39. The predicted octanol–water partition coefficient (Wildman–Crippen LogP) is 3.11. The molecule has 1 aliphatic rings. The van der Waals surface area contributed by atoms with Crippen LogP contribution in [0.3, 0.4) is 0 Å². The highest BCUT2D eigenvalue weighted by atomic mass is 15.1. The van der Waals surface area contributed by atoms with Crippen LogP contribution in [-0.2, 0) is 6.54 Å². The molecule has 1 aliphatic heterocycles. The van der Waals surface area contributed by atoms with Gasteiger partial charge in [0.25, 0.3) is 0 Å². The van der Waals surface area contributed by atoms with E-state index in [-0.39, 0.29) is 0 Å². The molecule has 1 aromatic heterocycles. The second kappa shape index (κ2) is 7.36. The lowest BCUT2D eigenvalue weighted by atomic mass is 9.96. The number of nitrogens with one attached hydrogen (secondary N) is 1. The van der Waals surface area contributed by atoms with Crippen LogP contribution < -0.4 is 5.32 Å². The van der Waals surface area contributed by atoms with E-state index in [4.69, 9.17) is 0 Å². The maximum Gasteiger partial charge on any atom is 0.144 e. The van der Waals surface area contributed by atoms with Crippen molar-refractivity contribution < 1.29 is 0 Å². The summed E-state index contributed by atoms with van der Waals surface area (Å²) in [4.78, 5) is 10.9. The number of piperidine rings is 1. The molecule has 0 amide bonds. The van der Waals surface area contributed by atoms with E-state index in [2.05, 4.69) is 51.4 Å². The van der Waals surface area contributed by atoms with Crippen molar-refractivity contribution in [1.29, 1.82) is 0 Å². The highest BCUT2D eigenvalue weighted by molar-refractivity contribution is 5.29. The molecule has 1 saturated heterocycles. The van der Waals surface area contributed by atoms with Gasteiger partial charge in [0.1, 0.15) is 5.82 Å². The van der Waals surface area contributed by atoms with E-state index in [0.717, 1.165) is 24.8 Å². The Kier molecular flexibility index (Phi) is 5.01. The van der Waals surface area contributed by atoms with Gasteiger partial charge in [-0.1, -0.05) is 29.8 Å². The average Bonchev–Trinajstić information content (AvgIpc) is 2.57. The van der Waals surface area contributed by atoms with Crippen LogP contribution in [0.4, 0.5) is 5.82 Å². The first-order chi connectivity index (χ1) is 10.8. The van der Waals surface area contributed by atoms with Crippen molar-refractivity contribution in [3.63, 3.8) is 0 Å². The second-order valence-corrected chi connectivity index (χ2v) is 6.18. The Bertz CT molecular complexity index is 559. The van der Waals surface area contributed by atoms with Gasteiger partial charge in [-0.05, 0) is 44.3 Å². The molecule has 0 aliphatic carbocycles. The van der Waals surface area contributed by atoms with E-state index >= 15 is 0 Å². The van der Waals surface area contributed by atoms with Crippen LogP contribution in [0.2, 0.25) is 0 Å². The molecule has 1 aromatic carbocycles. The molecule has 1 fully saturated rings. The summed E-state index contributed by atoms with van der Waals surface area (Å²) in [5.41, 5.74) is 2.75. The van der Waals surface area contributed by atoms with Crippen molar-refractivity contribution >= 4 is 5.82 Å². The maximum absolute atomic E-state index is 4.26. The summed E-state index contributed by atoms with van der Waals surface area (Å²) in [6, 6.07) is 8.90. The van der Waals surface area contributed by atoms with Crippen molar-refractivity contribution in [3.05, 3.63) is 54.0 Å². The number of hydrogen-bond donors (Lipinski definition) is 1. The van der Waals surface area contributed by atoms with Gasteiger partial charge in [0, 0.05) is 25.5 Å². The van der Waals surface area contributed by atoms with Crippen LogP contribution in [0.1, 0.15) is 24.0 Å². The maximum atomic E-state index is 4.26. The quantitative estimate of drug-likeness (QED) is 0.920. The van der Waals surface area contributed by atoms with E-state index in [0.29, 0.717) is 0 Å². The van der Waals surface area contributed by atoms with Gasteiger partial charge >= 0.3 is 0 Å². The number of likely N-dealkylation sites (tertiary alicyclic amines) is 1. The summed E-state index contributed by atoms with van der Waals surface area (Å²) in [6.45, 7) is 6.57. The molecule has 0 atom stereocenters. The van der Waals surface area contributed by atoms with E-state index in [1.54, 1.807) is 18.6 Å². The topological polar surface area (TPSA) is 41.0 Å². The fourth-order valence-corrected chi connectivity index (χ4v) is 2.94. The summed E-state index contributed by atoms with van der Waals surface area (Å²) in [7, 11) is 0. The third-order valence-corrected chi connectivity index (χ3v) is 4.37. The zero-order chi connectivity index (χ0) is 15.2. The molecule has 0 spiro atoms. The smallest absolute Gasteiger partial charge is 0.144 e. The Labute approximate surface area is 132 Å². The van der Waals surface area contributed by atoms with Crippen molar-refractivity contribution in [2.24, 2.45) is 5.92 Å². The zero-order valence-electron chi connectivity index (χ0n) is 13.2. The fraction of sp³-hybridized carbons (Fsp3) is 0.444. The minimum absolute atomic E-state index is 0.733. The summed E-state index contributed by atoms with van der Waals surface area (Å²) in [5.74, 6) is 1.61. The Hall–Kier alpha value is -1.94. The van der Waals surface area contributed by atoms with Gasteiger partial charge in [-0.3, -0.25) is 9.88 Å². The molecule has 0 radical (unpaired) electrons. The Morgan fingerprint density at radius 1 is 1.14 bits per heavy atom. The predicted molar refractivity (Wildman–Crippen MR) is 89.7 cm³/mol.